The lowest BCUT2D eigenvalue weighted by Crippen LogP contribution is -2.43. The lowest BCUT2D eigenvalue weighted by Gasteiger charge is -2.16. The van der Waals surface area contributed by atoms with Crippen molar-refractivity contribution in [2.75, 3.05) is 20.8 Å². The minimum Gasteiger partial charge on any atom is -0.496 e. The van der Waals surface area contributed by atoms with Crippen LogP contribution in [0.2, 0.25) is 0 Å². The number of hydrogen-bond donors (Lipinski definition) is 1. The average Bonchev–Trinajstić information content (AvgIpc) is 2.53. The summed E-state index contributed by atoms with van der Waals surface area (Å²) in [5, 5.41) is 2.45. The third-order valence-electron chi connectivity index (χ3n) is 2.82. The molecule has 120 valence electrons. The Morgan fingerprint density at radius 1 is 1.18 bits per heavy atom. The van der Waals surface area contributed by atoms with Gasteiger partial charge in [0.05, 0.1) is 32.8 Å². The summed E-state index contributed by atoms with van der Waals surface area (Å²) in [5.41, 5.74) is 0.253. The van der Waals surface area contributed by atoms with Crippen molar-refractivity contribution >= 4 is 17.8 Å². The molecule has 1 amide bonds. The molecule has 0 heterocycles. The molecular formula is C15H19NO6. The largest absolute Gasteiger partial charge is 0.496 e. The monoisotopic (exact) mass is 309 g/mol. The van der Waals surface area contributed by atoms with Crippen LogP contribution in [-0.4, -0.2) is 44.7 Å². The Hall–Kier alpha value is -2.57. The third kappa shape index (κ3) is 4.76. The molecule has 1 aromatic rings. The van der Waals surface area contributed by atoms with E-state index in [1.165, 1.54) is 14.2 Å². The van der Waals surface area contributed by atoms with Gasteiger partial charge in [0.1, 0.15) is 11.8 Å². The fourth-order valence-electron chi connectivity index (χ4n) is 1.79. The molecule has 0 fully saturated rings. The highest BCUT2D eigenvalue weighted by atomic mass is 16.5. The number of amides is 1. The van der Waals surface area contributed by atoms with Gasteiger partial charge in [-0.1, -0.05) is 12.1 Å². The van der Waals surface area contributed by atoms with Crippen LogP contribution in [-0.2, 0) is 19.1 Å². The zero-order valence-corrected chi connectivity index (χ0v) is 12.8. The molecule has 0 bridgehead atoms. The van der Waals surface area contributed by atoms with Gasteiger partial charge >= 0.3 is 11.9 Å². The first-order chi connectivity index (χ1) is 10.5. The Balaban J connectivity index is 2.86. The number of carbonyl (C=O) groups excluding carboxylic acids is 3. The summed E-state index contributed by atoms with van der Waals surface area (Å²) in [6.45, 7) is 1.84. The van der Waals surface area contributed by atoms with E-state index in [9.17, 15) is 14.4 Å². The predicted octanol–water partition coefficient (Wildman–Crippen LogP) is 0.920. The predicted molar refractivity (Wildman–Crippen MR) is 77.5 cm³/mol. The zero-order chi connectivity index (χ0) is 16.5. The van der Waals surface area contributed by atoms with Crippen molar-refractivity contribution in [2.24, 2.45) is 0 Å². The minimum absolute atomic E-state index is 0.188. The highest BCUT2D eigenvalue weighted by molar-refractivity contribution is 5.99. The van der Waals surface area contributed by atoms with Crippen LogP contribution >= 0.6 is 0 Å². The van der Waals surface area contributed by atoms with E-state index >= 15 is 0 Å². The topological polar surface area (TPSA) is 90.9 Å². The number of benzene rings is 1. The standard InChI is InChI=1S/C15H19NO6/c1-4-22-13(17)9-11(15(19)21-3)16-14(18)10-7-5-6-8-12(10)20-2/h5-8,11H,4,9H2,1-3H3,(H,16,18). The molecule has 1 atom stereocenters. The molecule has 0 saturated carbocycles. The Morgan fingerprint density at radius 2 is 1.86 bits per heavy atom. The van der Waals surface area contributed by atoms with Crippen LogP contribution in [0.3, 0.4) is 0 Å². The molecule has 1 rings (SSSR count). The van der Waals surface area contributed by atoms with Gasteiger partial charge in [-0.3, -0.25) is 9.59 Å². The molecule has 0 saturated heterocycles. The van der Waals surface area contributed by atoms with E-state index < -0.39 is 23.9 Å². The number of methoxy groups -OCH3 is 2. The van der Waals surface area contributed by atoms with Crippen molar-refractivity contribution < 1.29 is 28.6 Å². The summed E-state index contributed by atoms with van der Waals surface area (Å²) in [5.74, 6) is -1.51. The second-order valence-corrected chi connectivity index (χ2v) is 4.26. The highest BCUT2D eigenvalue weighted by Gasteiger charge is 2.26. The van der Waals surface area contributed by atoms with E-state index in [1.807, 2.05) is 0 Å². The van der Waals surface area contributed by atoms with Gasteiger partial charge in [-0.2, -0.15) is 0 Å². The third-order valence-corrected chi connectivity index (χ3v) is 2.82. The Labute approximate surface area is 128 Å². The highest BCUT2D eigenvalue weighted by Crippen LogP contribution is 2.17. The van der Waals surface area contributed by atoms with E-state index in [2.05, 4.69) is 10.1 Å². The summed E-state index contributed by atoms with van der Waals surface area (Å²) in [4.78, 5) is 35.4. The summed E-state index contributed by atoms with van der Waals surface area (Å²) >= 11 is 0. The van der Waals surface area contributed by atoms with Crippen molar-refractivity contribution in [1.82, 2.24) is 5.32 Å². The van der Waals surface area contributed by atoms with Crippen LogP contribution in [0.25, 0.3) is 0 Å². The second-order valence-electron chi connectivity index (χ2n) is 4.26. The smallest absolute Gasteiger partial charge is 0.328 e. The molecular weight excluding hydrogens is 290 g/mol. The van der Waals surface area contributed by atoms with Crippen LogP contribution < -0.4 is 10.1 Å². The molecule has 7 nitrogen and oxygen atoms in total. The first-order valence-electron chi connectivity index (χ1n) is 6.70. The molecule has 0 aromatic heterocycles. The van der Waals surface area contributed by atoms with E-state index in [4.69, 9.17) is 9.47 Å². The molecule has 22 heavy (non-hydrogen) atoms. The Morgan fingerprint density at radius 3 is 2.45 bits per heavy atom. The van der Waals surface area contributed by atoms with Gasteiger partial charge in [0.15, 0.2) is 0 Å². The number of ether oxygens (including phenoxy) is 3. The van der Waals surface area contributed by atoms with E-state index in [0.29, 0.717) is 5.75 Å². The second kappa shape index (κ2) is 8.66. The molecule has 0 radical (unpaired) electrons. The van der Waals surface area contributed by atoms with Gasteiger partial charge in [-0.25, -0.2) is 4.79 Å². The van der Waals surface area contributed by atoms with Crippen molar-refractivity contribution in [3.63, 3.8) is 0 Å². The fourth-order valence-corrected chi connectivity index (χ4v) is 1.79. The van der Waals surface area contributed by atoms with Gasteiger partial charge in [-0.15, -0.1) is 0 Å². The molecule has 0 aliphatic rings. The molecule has 0 aliphatic carbocycles. The summed E-state index contributed by atoms with van der Waals surface area (Å²) in [7, 11) is 2.61. The Kier molecular flexibility index (Phi) is 6.88. The number of esters is 2. The number of para-hydroxylation sites is 1. The molecule has 7 heteroatoms. The lowest BCUT2D eigenvalue weighted by molar-refractivity contribution is -0.150. The molecule has 1 aromatic carbocycles. The zero-order valence-electron chi connectivity index (χ0n) is 12.8. The number of carbonyl (C=O) groups is 3. The molecule has 0 spiro atoms. The molecule has 1 unspecified atom stereocenters. The summed E-state index contributed by atoms with van der Waals surface area (Å²) in [6.07, 6.45) is -0.304. The molecule has 0 aliphatic heterocycles. The first-order valence-corrected chi connectivity index (χ1v) is 6.70. The Bertz CT molecular complexity index is 543. The van der Waals surface area contributed by atoms with E-state index in [0.717, 1.165) is 0 Å². The SMILES string of the molecule is CCOC(=O)CC(NC(=O)c1ccccc1OC)C(=O)OC. The number of hydrogen-bond acceptors (Lipinski definition) is 6. The maximum absolute atomic E-state index is 12.2. The van der Waals surface area contributed by atoms with E-state index in [1.54, 1.807) is 31.2 Å². The van der Waals surface area contributed by atoms with Crippen molar-refractivity contribution in [2.45, 2.75) is 19.4 Å². The molecule has 1 N–H and O–H groups in total. The summed E-state index contributed by atoms with van der Waals surface area (Å²) in [6, 6.07) is 5.42. The van der Waals surface area contributed by atoms with Crippen LogP contribution in [0.4, 0.5) is 0 Å². The number of rotatable bonds is 7. The van der Waals surface area contributed by atoms with Crippen molar-refractivity contribution in [3.8, 4) is 5.75 Å². The first kappa shape index (κ1) is 17.5. The number of nitrogens with one attached hydrogen (secondary N) is 1. The van der Waals surface area contributed by atoms with Crippen LogP contribution in [0.15, 0.2) is 24.3 Å². The van der Waals surface area contributed by atoms with Gasteiger partial charge in [0.25, 0.3) is 5.91 Å². The van der Waals surface area contributed by atoms with Gasteiger partial charge < -0.3 is 19.5 Å². The van der Waals surface area contributed by atoms with Gasteiger partial charge in [0, 0.05) is 0 Å². The van der Waals surface area contributed by atoms with Crippen LogP contribution in [0, 0.1) is 0 Å². The maximum atomic E-state index is 12.2. The fraction of sp³-hybridized carbons (Fsp3) is 0.400. The van der Waals surface area contributed by atoms with Crippen molar-refractivity contribution in [3.05, 3.63) is 29.8 Å². The van der Waals surface area contributed by atoms with Crippen molar-refractivity contribution in [1.29, 1.82) is 0 Å². The van der Waals surface area contributed by atoms with Crippen LogP contribution in [0.1, 0.15) is 23.7 Å². The van der Waals surface area contributed by atoms with Gasteiger partial charge in [0.2, 0.25) is 0 Å². The van der Waals surface area contributed by atoms with E-state index in [-0.39, 0.29) is 18.6 Å². The quantitative estimate of drug-likeness (QED) is 0.753. The lowest BCUT2D eigenvalue weighted by atomic mass is 10.1. The minimum atomic E-state index is -1.12. The normalized spacial score (nSPS) is 11.2. The maximum Gasteiger partial charge on any atom is 0.328 e. The average molecular weight is 309 g/mol. The van der Waals surface area contributed by atoms with Crippen LogP contribution in [0.5, 0.6) is 5.75 Å². The summed E-state index contributed by atoms with van der Waals surface area (Å²) < 4.78 is 14.5. The van der Waals surface area contributed by atoms with Gasteiger partial charge in [-0.05, 0) is 19.1 Å².